The van der Waals surface area contributed by atoms with Crippen molar-refractivity contribution in [3.8, 4) is 0 Å². The second-order valence-corrected chi connectivity index (χ2v) is 17.6. The van der Waals surface area contributed by atoms with Crippen LogP contribution >= 0.6 is 0 Å². The number of aliphatic hydroxyl groups is 2. The molecule has 0 radical (unpaired) electrons. The van der Waals surface area contributed by atoms with E-state index in [0.29, 0.717) is 19.3 Å². The first-order valence-electron chi connectivity index (χ1n) is 25.9. The predicted molar refractivity (Wildman–Crippen MR) is 259 cm³/mol. The molecule has 0 aliphatic heterocycles. The maximum absolute atomic E-state index is 13.2. The Morgan fingerprint density at radius 1 is 0.483 bits per heavy atom. The number of carbonyl (C=O) groups excluding carboxylic acids is 2. The Bertz CT molecular complexity index is 1040. The second-order valence-electron chi connectivity index (χ2n) is 17.6. The lowest BCUT2D eigenvalue weighted by Crippen LogP contribution is -2.46. The Hall–Kier alpha value is -2.18. The van der Waals surface area contributed by atoms with E-state index in [1.807, 2.05) is 0 Å². The van der Waals surface area contributed by atoms with Gasteiger partial charge in [0.25, 0.3) is 0 Å². The second kappa shape index (κ2) is 47.9. The third-order valence-electron chi connectivity index (χ3n) is 11.7. The van der Waals surface area contributed by atoms with E-state index in [0.717, 1.165) is 89.9 Å². The maximum atomic E-state index is 13.2. The molecule has 0 bridgehead atoms. The van der Waals surface area contributed by atoms with Gasteiger partial charge in [0.05, 0.1) is 25.2 Å². The normalized spacial score (nSPS) is 13.6. The SMILES string of the molecule is CCCCC/C=C/C=C/CCCCCCC(CC(=O)NC(CO)C(O)CCCCCCCCCCCC)OC(=O)CCCCCCC/C=C/C=C/CCCCCCCCC. The van der Waals surface area contributed by atoms with Crippen LogP contribution in [0.1, 0.15) is 258 Å². The van der Waals surface area contributed by atoms with E-state index in [-0.39, 0.29) is 24.9 Å². The Balaban J connectivity index is 4.60. The summed E-state index contributed by atoms with van der Waals surface area (Å²) in [6.45, 7) is 6.43. The average Bonchev–Trinajstić information content (AvgIpc) is 3.24. The summed E-state index contributed by atoms with van der Waals surface area (Å²) >= 11 is 0. The van der Waals surface area contributed by atoms with Crippen LogP contribution in [0, 0.1) is 0 Å². The van der Waals surface area contributed by atoms with Crippen LogP contribution in [0.2, 0.25) is 0 Å². The fourth-order valence-corrected chi connectivity index (χ4v) is 7.71. The minimum Gasteiger partial charge on any atom is -0.462 e. The van der Waals surface area contributed by atoms with E-state index in [1.165, 1.54) is 122 Å². The van der Waals surface area contributed by atoms with Crippen molar-refractivity contribution in [2.75, 3.05) is 6.61 Å². The first kappa shape index (κ1) is 57.8. The topological polar surface area (TPSA) is 95.9 Å². The molecular weight excluding hydrogens is 743 g/mol. The molecule has 3 unspecified atom stereocenters. The molecule has 0 saturated heterocycles. The molecular formula is C54H99NO5. The first-order chi connectivity index (χ1) is 29.5. The largest absolute Gasteiger partial charge is 0.462 e. The number of allylic oxidation sites excluding steroid dienone is 8. The van der Waals surface area contributed by atoms with Gasteiger partial charge in [0.1, 0.15) is 6.10 Å². The summed E-state index contributed by atoms with van der Waals surface area (Å²) in [5, 5.41) is 23.7. The summed E-state index contributed by atoms with van der Waals surface area (Å²) in [5.74, 6) is -0.508. The number of ether oxygens (including phenoxy) is 1. The van der Waals surface area contributed by atoms with Crippen molar-refractivity contribution in [2.45, 2.75) is 277 Å². The zero-order valence-electron chi connectivity index (χ0n) is 39.8. The van der Waals surface area contributed by atoms with Crippen molar-refractivity contribution in [1.82, 2.24) is 5.32 Å². The molecule has 350 valence electrons. The standard InChI is InChI=1S/C54H99NO5/c1-4-7-10-13-16-19-22-24-25-26-27-28-30-32-35-38-41-44-47-54(59)60-50(45-42-39-36-33-31-29-23-20-17-14-11-8-5-2)48-53(58)55-51(49-56)52(57)46-43-40-37-34-21-18-15-12-9-6-3/h17,20,23,25-29,50-52,56-57H,4-16,18-19,21-22,24,30-49H2,1-3H3,(H,55,58)/b20-17+,26-25+,28-27+,29-23+. The number of carbonyl (C=O) groups is 2. The molecule has 6 nitrogen and oxygen atoms in total. The van der Waals surface area contributed by atoms with Gasteiger partial charge >= 0.3 is 5.97 Å². The summed E-state index contributed by atoms with van der Waals surface area (Å²) in [6, 6.07) is -0.710. The van der Waals surface area contributed by atoms with Gasteiger partial charge in [-0.25, -0.2) is 0 Å². The third-order valence-corrected chi connectivity index (χ3v) is 11.7. The predicted octanol–water partition coefficient (Wildman–Crippen LogP) is 15.5. The smallest absolute Gasteiger partial charge is 0.306 e. The Morgan fingerprint density at radius 3 is 1.27 bits per heavy atom. The van der Waals surface area contributed by atoms with Gasteiger partial charge in [0.15, 0.2) is 0 Å². The number of esters is 1. The fraction of sp³-hybridized carbons (Fsp3) is 0.815. The van der Waals surface area contributed by atoms with Crippen LogP contribution in [-0.2, 0) is 14.3 Å². The molecule has 0 fully saturated rings. The Labute approximate surface area is 372 Å². The highest BCUT2D eigenvalue weighted by Gasteiger charge is 2.24. The summed E-state index contributed by atoms with van der Waals surface area (Å²) in [6.07, 6.45) is 57.4. The van der Waals surface area contributed by atoms with Gasteiger partial charge < -0.3 is 20.3 Å². The van der Waals surface area contributed by atoms with Crippen molar-refractivity contribution in [1.29, 1.82) is 0 Å². The number of hydrogen-bond donors (Lipinski definition) is 3. The third kappa shape index (κ3) is 42.5. The van der Waals surface area contributed by atoms with Gasteiger partial charge in [-0.1, -0.05) is 217 Å². The van der Waals surface area contributed by atoms with E-state index in [4.69, 9.17) is 4.74 Å². The maximum Gasteiger partial charge on any atom is 0.306 e. The van der Waals surface area contributed by atoms with Crippen LogP contribution in [0.5, 0.6) is 0 Å². The molecule has 0 heterocycles. The van der Waals surface area contributed by atoms with Gasteiger partial charge in [-0.15, -0.1) is 0 Å². The van der Waals surface area contributed by atoms with Gasteiger partial charge in [0, 0.05) is 6.42 Å². The molecule has 1 amide bonds. The zero-order chi connectivity index (χ0) is 43.8. The molecule has 0 saturated carbocycles. The van der Waals surface area contributed by atoms with Crippen LogP contribution in [0.3, 0.4) is 0 Å². The first-order valence-corrected chi connectivity index (χ1v) is 25.9. The molecule has 0 aromatic carbocycles. The molecule has 0 aromatic rings. The van der Waals surface area contributed by atoms with Crippen molar-refractivity contribution in [2.24, 2.45) is 0 Å². The summed E-state index contributed by atoms with van der Waals surface area (Å²) in [5.41, 5.74) is 0. The molecule has 6 heteroatoms. The lowest BCUT2D eigenvalue weighted by atomic mass is 10.0. The number of rotatable bonds is 46. The minimum atomic E-state index is -0.794. The Kier molecular flexibility index (Phi) is 46.1. The lowest BCUT2D eigenvalue weighted by Gasteiger charge is -2.24. The lowest BCUT2D eigenvalue weighted by molar-refractivity contribution is -0.151. The Morgan fingerprint density at radius 2 is 0.833 bits per heavy atom. The molecule has 60 heavy (non-hydrogen) atoms. The van der Waals surface area contributed by atoms with Crippen LogP contribution < -0.4 is 5.32 Å². The summed E-state index contributed by atoms with van der Waals surface area (Å²) in [7, 11) is 0. The van der Waals surface area contributed by atoms with E-state index < -0.39 is 18.2 Å². The van der Waals surface area contributed by atoms with Crippen molar-refractivity contribution < 1.29 is 24.5 Å². The van der Waals surface area contributed by atoms with Crippen LogP contribution in [0.15, 0.2) is 48.6 Å². The summed E-state index contributed by atoms with van der Waals surface area (Å²) < 4.78 is 5.92. The number of nitrogens with one attached hydrogen (secondary N) is 1. The number of hydrogen-bond acceptors (Lipinski definition) is 5. The van der Waals surface area contributed by atoms with Gasteiger partial charge in [0.2, 0.25) is 5.91 Å². The number of unbranched alkanes of at least 4 members (excludes halogenated alkanes) is 28. The van der Waals surface area contributed by atoms with E-state index in [9.17, 15) is 19.8 Å². The fourth-order valence-electron chi connectivity index (χ4n) is 7.71. The average molecular weight is 842 g/mol. The quantitative estimate of drug-likeness (QED) is 0.0322. The zero-order valence-corrected chi connectivity index (χ0v) is 39.8. The van der Waals surface area contributed by atoms with Gasteiger partial charge in [-0.3, -0.25) is 9.59 Å². The van der Waals surface area contributed by atoms with Crippen molar-refractivity contribution in [3.63, 3.8) is 0 Å². The number of amides is 1. The minimum absolute atomic E-state index is 0.0579. The summed E-state index contributed by atoms with van der Waals surface area (Å²) in [4.78, 5) is 26.1. The molecule has 0 aliphatic rings. The molecule has 0 aliphatic carbocycles. The molecule has 0 rings (SSSR count). The van der Waals surface area contributed by atoms with E-state index in [2.05, 4.69) is 74.7 Å². The monoisotopic (exact) mass is 842 g/mol. The molecule has 0 spiro atoms. The van der Waals surface area contributed by atoms with Crippen LogP contribution in [0.25, 0.3) is 0 Å². The van der Waals surface area contributed by atoms with E-state index in [1.54, 1.807) is 0 Å². The van der Waals surface area contributed by atoms with Crippen molar-refractivity contribution >= 4 is 11.9 Å². The molecule has 0 aromatic heterocycles. The highest BCUT2D eigenvalue weighted by Crippen LogP contribution is 2.17. The molecule has 3 atom stereocenters. The van der Waals surface area contributed by atoms with Crippen LogP contribution in [-0.4, -0.2) is 46.9 Å². The number of aliphatic hydroxyl groups excluding tert-OH is 2. The highest BCUT2D eigenvalue weighted by molar-refractivity contribution is 5.77. The van der Waals surface area contributed by atoms with Crippen molar-refractivity contribution in [3.05, 3.63) is 48.6 Å². The van der Waals surface area contributed by atoms with Gasteiger partial charge in [-0.2, -0.15) is 0 Å². The van der Waals surface area contributed by atoms with E-state index >= 15 is 0 Å². The highest BCUT2D eigenvalue weighted by atomic mass is 16.5. The molecule has 3 N–H and O–H groups in total. The van der Waals surface area contributed by atoms with Gasteiger partial charge in [-0.05, 0) is 77.0 Å². The van der Waals surface area contributed by atoms with Crippen LogP contribution in [0.4, 0.5) is 0 Å².